The Morgan fingerprint density at radius 2 is 1.96 bits per heavy atom. The maximum atomic E-state index is 14.2. The summed E-state index contributed by atoms with van der Waals surface area (Å²) >= 11 is 1.47. The van der Waals surface area contributed by atoms with E-state index in [0.717, 1.165) is 10.9 Å². The van der Waals surface area contributed by atoms with Gasteiger partial charge in [0.1, 0.15) is 11.6 Å². The minimum absolute atomic E-state index is 0.147. The van der Waals surface area contributed by atoms with Gasteiger partial charge in [-0.05, 0) is 30.0 Å². The van der Waals surface area contributed by atoms with Crippen LogP contribution in [0.25, 0.3) is 0 Å². The van der Waals surface area contributed by atoms with Crippen molar-refractivity contribution in [1.29, 1.82) is 0 Å². The van der Waals surface area contributed by atoms with Crippen LogP contribution in [0.1, 0.15) is 45.0 Å². The first kappa shape index (κ1) is 19.6. The van der Waals surface area contributed by atoms with Crippen molar-refractivity contribution in [2.24, 2.45) is 0 Å². The fraction of sp³-hybridized carbons (Fsp3) is 0.158. The van der Waals surface area contributed by atoms with Crippen LogP contribution in [-0.2, 0) is 0 Å². The number of carbonyl (C=O) groups excluding carboxylic acids is 2. The van der Waals surface area contributed by atoms with Crippen molar-refractivity contribution in [2.45, 2.75) is 19.4 Å². The minimum atomic E-state index is -1.01. The molecule has 0 saturated heterocycles. The Labute approximate surface area is 163 Å². The van der Waals surface area contributed by atoms with Crippen LogP contribution in [0.4, 0.5) is 14.5 Å². The lowest BCUT2D eigenvalue weighted by molar-refractivity contribution is 0.0931. The first-order chi connectivity index (χ1) is 13.5. The number of carbonyl (C=O) groups is 2. The largest absolute Gasteiger partial charge is 0.344 e. The Morgan fingerprint density at radius 1 is 1.14 bits per heavy atom. The first-order valence-electron chi connectivity index (χ1n) is 8.41. The van der Waals surface area contributed by atoms with E-state index in [2.05, 4.69) is 20.8 Å². The van der Waals surface area contributed by atoms with Crippen molar-refractivity contribution in [3.8, 4) is 0 Å². The van der Waals surface area contributed by atoms with E-state index in [1.165, 1.54) is 29.8 Å². The number of amides is 2. The van der Waals surface area contributed by atoms with Gasteiger partial charge in [-0.25, -0.2) is 8.78 Å². The Bertz CT molecular complexity index is 981. The zero-order chi connectivity index (χ0) is 20.1. The van der Waals surface area contributed by atoms with Crippen molar-refractivity contribution < 1.29 is 18.4 Å². The van der Waals surface area contributed by atoms with Crippen molar-refractivity contribution in [3.63, 3.8) is 0 Å². The molecule has 1 atom stereocenters. The summed E-state index contributed by atoms with van der Waals surface area (Å²) in [7, 11) is 0. The van der Waals surface area contributed by atoms with Gasteiger partial charge in [-0.15, -0.1) is 11.3 Å². The lowest BCUT2D eigenvalue weighted by Gasteiger charge is -2.16. The SMILES string of the molecule is CCC(NC(=O)c1cc(NC(=O)c2ccnnc2)c(F)cc1F)c1cccs1. The van der Waals surface area contributed by atoms with Gasteiger partial charge < -0.3 is 10.6 Å². The molecule has 0 fully saturated rings. The van der Waals surface area contributed by atoms with Crippen molar-refractivity contribution >= 4 is 28.8 Å². The molecule has 144 valence electrons. The molecule has 2 heterocycles. The zero-order valence-electron chi connectivity index (χ0n) is 14.8. The maximum absolute atomic E-state index is 14.2. The second-order valence-electron chi connectivity index (χ2n) is 5.85. The molecule has 0 saturated carbocycles. The summed E-state index contributed by atoms with van der Waals surface area (Å²) in [5.74, 6) is -3.36. The molecule has 3 rings (SSSR count). The van der Waals surface area contributed by atoms with Crippen LogP contribution in [-0.4, -0.2) is 22.0 Å². The predicted octanol–water partition coefficient (Wildman–Crippen LogP) is 3.95. The first-order valence-corrected chi connectivity index (χ1v) is 9.29. The van der Waals surface area contributed by atoms with Crippen LogP contribution in [0.15, 0.2) is 48.1 Å². The van der Waals surface area contributed by atoms with Crippen LogP contribution >= 0.6 is 11.3 Å². The third-order valence-corrected chi connectivity index (χ3v) is 4.98. The van der Waals surface area contributed by atoms with Crippen LogP contribution in [0.2, 0.25) is 0 Å². The number of benzene rings is 1. The minimum Gasteiger partial charge on any atom is -0.344 e. The molecule has 2 aromatic heterocycles. The van der Waals surface area contributed by atoms with E-state index in [9.17, 15) is 18.4 Å². The molecule has 1 unspecified atom stereocenters. The average molecular weight is 402 g/mol. The van der Waals surface area contributed by atoms with Gasteiger partial charge in [0.2, 0.25) is 0 Å². The third kappa shape index (κ3) is 4.37. The number of anilines is 1. The quantitative estimate of drug-likeness (QED) is 0.654. The number of aromatic nitrogens is 2. The van der Waals surface area contributed by atoms with Gasteiger partial charge in [0.25, 0.3) is 11.8 Å². The van der Waals surface area contributed by atoms with Gasteiger partial charge in [-0.1, -0.05) is 13.0 Å². The summed E-state index contributed by atoms with van der Waals surface area (Å²) in [5.41, 5.74) is -0.523. The van der Waals surface area contributed by atoms with E-state index in [-0.39, 0.29) is 22.9 Å². The molecule has 0 aliphatic carbocycles. The van der Waals surface area contributed by atoms with Crippen molar-refractivity contribution in [2.75, 3.05) is 5.32 Å². The Hall–Kier alpha value is -3.20. The van der Waals surface area contributed by atoms with Crippen LogP contribution in [0, 0.1) is 11.6 Å². The molecule has 9 heteroatoms. The lowest BCUT2D eigenvalue weighted by atomic mass is 10.1. The number of nitrogens with one attached hydrogen (secondary N) is 2. The van der Waals surface area contributed by atoms with Gasteiger partial charge in [0.05, 0.1) is 35.2 Å². The summed E-state index contributed by atoms with van der Waals surface area (Å²) in [6, 6.07) is 6.38. The van der Waals surface area contributed by atoms with Crippen LogP contribution in [0.3, 0.4) is 0 Å². The van der Waals surface area contributed by atoms with E-state index in [1.807, 2.05) is 24.4 Å². The third-order valence-electron chi connectivity index (χ3n) is 4.00. The Morgan fingerprint density at radius 3 is 2.61 bits per heavy atom. The molecule has 2 amide bonds. The molecule has 0 radical (unpaired) electrons. The average Bonchev–Trinajstić information content (AvgIpc) is 3.23. The lowest BCUT2D eigenvalue weighted by Crippen LogP contribution is -2.28. The monoisotopic (exact) mass is 402 g/mol. The smallest absolute Gasteiger partial charge is 0.257 e. The van der Waals surface area contributed by atoms with E-state index in [1.54, 1.807) is 0 Å². The van der Waals surface area contributed by atoms with E-state index < -0.39 is 23.4 Å². The molecule has 6 nitrogen and oxygen atoms in total. The number of rotatable bonds is 6. The molecule has 2 N–H and O–H groups in total. The van der Waals surface area contributed by atoms with Gasteiger partial charge >= 0.3 is 0 Å². The highest BCUT2D eigenvalue weighted by molar-refractivity contribution is 7.10. The number of hydrogen-bond donors (Lipinski definition) is 2. The topological polar surface area (TPSA) is 84.0 Å². The summed E-state index contributed by atoms with van der Waals surface area (Å²) in [5, 5.41) is 14.1. The van der Waals surface area contributed by atoms with E-state index in [4.69, 9.17) is 0 Å². The maximum Gasteiger partial charge on any atom is 0.257 e. The molecule has 3 aromatic rings. The molecule has 0 spiro atoms. The molecule has 0 aliphatic heterocycles. The summed E-state index contributed by atoms with van der Waals surface area (Å²) in [6.07, 6.45) is 3.12. The second-order valence-corrected chi connectivity index (χ2v) is 6.83. The van der Waals surface area contributed by atoms with E-state index >= 15 is 0 Å². The highest BCUT2D eigenvalue weighted by atomic mass is 32.1. The summed E-state index contributed by atoms with van der Waals surface area (Å²) < 4.78 is 28.3. The van der Waals surface area contributed by atoms with Crippen LogP contribution < -0.4 is 10.6 Å². The standard InChI is InChI=1S/C19H16F2N4O2S/c1-2-15(17-4-3-7-28-17)24-19(27)12-8-16(14(21)9-13(12)20)25-18(26)11-5-6-22-23-10-11/h3-10,15H,2H2,1H3,(H,24,27)(H,25,26). The number of nitrogens with zero attached hydrogens (tertiary/aromatic N) is 2. The molecule has 0 aliphatic rings. The Kier molecular flexibility index (Phi) is 6.05. The summed E-state index contributed by atoms with van der Waals surface area (Å²) in [6.45, 7) is 1.89. The van der Waals surface area contributed by atoms with Gasteiger partial charge in [-0.2, -0.15) is 10.2 Å². The Balaban J connectivity index is 1.82. The number of thiophene rings is 1. The molecular formula is C19H16F2N4O2S. The van der Waals surface area contributed by atoms with Gasteiger partial charge in [-0.3, -0.25) is 9.59 Å². The number of halogens is 2. The van der Waals surface area contributed by atoms with E-state index in [0.29, 0.717) is 12.5 Å². The van der Waals surface area contributed by atoms with Gasteiger partial charge in [0, 0.05) is 10.9 Å². The van der Waals surface area contributed by atoms with Gasteiger partial charge in [0.15, 0.2) is 0 Å². The van der Waals surface area contributed by atoms with Crippen LogP contribution in [0.5, 0.6) is 0 Å². The van der Waals surface area contributed by atoms with Crippen molar-refractivity contribution in [3.05, 3.63) is 75.7 Å². The molecule has 0 bridgehead atoms. The predicted molar refractivity (Wildman–Crippen MR) is 101 cm³/mol. The summed E-state index contributed by atoms with van der Waals surface area (Å²) in [4.78, 5) is 25.7. The highest BCUT2D eigenvalue weighted by Crippen LogP contribution is 2.24. The normalized spacial score (nSPS) is 11.7. The van der Waals surface area contributed by atoms with Crippen molar-refractivity contribution in [1.82, 2.24) is 15.5 Å². The number of hydrogen-bond acceptors (Lipinski definition) is 5. The fourth-order valence-corrected chi connectivity index (χ4v) is 3.40. The zero-order valence-corrected chi connectivity index (χ0v) is 15.6. The molecular weight excluding hydrogens is 386 g/mol. The second kappa shape index (κ2) is 8.66. The fourth-order valence-electron chi connectivity index (χ4n) is 2.54. The highest BCUT2D eigenvalue weighted by Gasteiger charge is 2.21. The molecule has 1 aromatic carbocycles. The molecule has 28 heavy (non-hydrogen) atoms.